The number of rotatable bonds is 6. The predicted octanol–water partition coefficient (Wildman–Crippen LogP) is 4.12. The quantitative estimate of drug-likeness (QED) is 0.673. The minimum absolute atomic E-state index is 0.0865. The van der Waals surface area contributed by atoms with E-state index in [1.54, 1.807) is 6.20 Å². The zero-order valence-electron chi connectivity index (χ0n) is 17.7. The highest BCUT2D eigenvalue weighted by atomic mass is 16.2. The lowest BCUT2D eigenvalue weighted by Crippen LogP contribution is -2.37. The molecule has 0 aliphatic carbocycles. The van der Waals surface area contributed by atoms with Crippen molar-refractivity contribution in [3.05, 3.63) is 77.5 Å². The van der Waals surface area contributed by atoms with Crippen LogP contribution < -0.4 is 5.32 Å². The highest BCUT2D eigenvalue weighted by Crippen LogP contribution is 2.18. The standard InChI is InChI=1S/C24H29N5O/c1-18-8-11-28(12-9-18)24(30)22-6-7-23(27-16-22)26-15-20-4-3-5-21(14-20)17-29-13-10-25-19(29)2/h3-7,10,13-14,16,18H,8-9,11-12,15,17H2,1-2H3,(H,26,27). The first-order valence-corrected chi connectivity index (χ1v) is 10.6. The second kappa shape index (κ2) is 9.11. The van der Waals surface area contributed by atoms with Gasteiger partial charge < -0.3 is 14.8 Å². The van der Waals surface area contributed by atoms with Crippen LogP contribution in [0.5, 0.6) is 0 Å². The Kier molecular flexibility index (Phi) is 6.12. The van der Waals surface area contributed by atoms with Crippen LogP contribution in [0.15, 0.2) is 55.0 Å². The van der Waals surface area contributed by atoms with Crippen molar-refractivity contribution >= 4 is 11.7 Å². The average molecular weight is 404 g/mol. The molecule has 0 spiro atoms. The van der Waals surface area contributed by atoms with Gasteiger partial charge in [0.2, 0.25) is 0 Å². The number of nitrogens with one attached hydrogen (secondary N) is 1. The van der Waals surface area contributed by atoms with Crippen LogP contribution in [-0.4, -0.2) is 38.4 Å². The van der Waals surface area contributed by atoms with Gasteiger partial charge in [-0.05, 0) is 48.9 Å². The number of nitrogens with zero attached hydrogens (tertiary/aromatic N) is 4. The molecule has 30 heavy (non-hydrogen) atoms. The van der Waals surface area contributed by atoms with Crippen molar-refractivity contribution in [1.29, 1.82) is 0 Å². The fraction of sp³-hybridized carbons (Fsp3) is 0.375. The minimum atomic E-state index is 0.0865. The molecule has 3 aromatic rings. The summed E-state index contributed by atoms with van der Waals surface area (Å²) in [6.07, 6.45) is 7.67. The largest absolute Gasteiger partial charge is 0.366 e. The second-order valence-electron chi connectivity index (χ2n) is 8.18. The Labute approximate surface area is 178 Å². The SMILES string of the molecule is Cc1nccn1Cc1cccc(CNc2ccc(C(=O)N3CCC(C)CC3)cn2)c1. The lowest BCUT2D eigenvalue weighted by molar-refractivity contribution is 0.0697. The molecule has 0 unspecified atom stereocenters. The summed E-state index contributed by atoms with van der Waals surface area (Å²) < 4.78 is 2.13. The molecule has 0 saturated carbocycles. The summed E-state index contributed by atoms with van der Waals surface area (Å²) in [5.74, 6) is 2.58. The topological polar surface area (TPSA) is 63.1 Å². The number of pyridine rings is 1. The first-order valence-electron chi connectivity index (χ1n) is 10.6. The van der Waals surface area contributed by atoms with Gasteiger partial charge in [0, 0.05) is 44.8 Å². The molecule has 6 heteroatoms. The van der Waals surface area contributed by atoms with E-state index in [4.69, 9.17) is 0 Å². The van der Waals surface area contributed by atoms with Gasteiger partial charge in [0.15, 0.2) is 0 Å². The summed E-state index contributed by atoms with van der Waals surface area (Å²) in [7, 11) is 0. The molecule has 0 radical (unpaired) electrons. The van der Waals surface area contributed by atoms with Gasteiger partial charge in [-0.3, -0.25) is 4.79 Å². The minimum Gasteiger partial charge on any atom is -0.366 e. The van der Waals surface area contributed by atoms with E-state index >= 15 is 0 Å². The molecule has 1 fully saturated rings. The third-order valence-electron chi connectivity index (χ3n) is 5.82. The van der Waals surface area contributed by atoms with Crippen LogP contribution >= 0.6 is 0 Å². The molecule has 156 valence electrons. The van der Waals surface area contributed by atoms with Crippen LogP contribution in [0.25, 0.3) is 0 Å². The van der Waals surface area contributed by atoms with E-state index in [9.17, 15) is 4.79 Å². The Morgan fingerprint density at radius 2 is 1.93 bits per heavy atom. The zero-order chi connectivity index (χ0) is 20.9. The third kappa shape index (κ3) is 4.87. The van der Waals surface area contributed by atoms with Crippen LogP contribution in [0.1, 0.15) is 47.1 Å². The van der Waals surface area contributed by atoms with Crippen molar-refractivity contribution in [2.24, 2.45) is 5.92 Å². The number of carbonyl (C=O) groups excluding carboxylic acids is 1. The first-order chi connectivity index (χ1) is 14.6. The number of anilines is 1. The van der Waals surface area contributed by atoms with E-state index in [0.717, 1.165) is 44.1 Å². The van der Waals surface area contributed by atoms with Gasteiger partial charge >= 0.3 is 0 Å². The number of benzene rings is 1. The normalized spacial score (nSPS) is 14.7. The maximum absolute atomic E-state index is 12.6. The molecule has 1 amide bonds. The maximum Gasteiger partial charge on any atom is 0.255 e. The van der Waals surface area contributed by atoms with Gasteiger partial charge in [0.25, 0.3) is 5.91 Å². The molecule has 4 rings (SSSR count). The predicted molar refractivity (Wildman–Crippen MR) is 118 cm³/mol. The average Bonchev–Trinajstić information content (AvgIpc) is 3.17. The van der Waals surface area contributed by atoms with Crippen molar-refractivity contribution < 1.29 is 4.79 Å². The van der Waals surface area contributed by atoms with Gasteiger partial charge in [-0.15, -0.1) is 0 Å². The van der Waals surface area contributed by atoms with E-state index in [2.05, 4.69) is 51.0 Å². The number of aryl methyl sites for hydroxylation is 1. The van der Waals surface area contributed by atoms with E-state index in [1.807, 2.05) is 36.4 Å². The number of hydrogen-bond acceptors (Lipinski definition) is 4. The summed E-state index contributed by atoms with van der Waals surface area (Å²) >= 11 is 0. The lowest BCUT2D eigenvalue weighted by Gasteiger charge is -2.30. The molecular formula is C24H29N5O. The molecule has 0 atom stereocenters. The van der Waals surface area contributed by atoms with Crippen LogP contribution in [-0.2, 0) is 13.1 Å². The van der Waals surface area contributed by atoms with Crippen LogP contribution in [0.2, 0.25) is 0 Å². The van der Waals surface area contributed by atoms with Gasteiger partial charge in [-0.2, -0.15) is 0 Å². The number of piperidine rings is 1. The van der Waals surface area contributed by atoms with E-state index in [1.165, 1.54) is 11.1 Å². The van der Waals surface area contributed by atoms with E-state index in [0.29, 0.717) is 18.0 Å². The van der Waals surface area contributed by atoms with Gasteiger partial charge in [-0.1, -0.05) is 31.2 Å². The smallest absolute Gasteiger partial charge is 0.255 e. The van der Waals surface area contributed by atoms with E-state index in [-0.39, 0.29) is 5.91 Å². The van der Waals surface area contributed by atoms with Gasteiger partial charge in [-0.25, -0.2) is 9.97 Å². The van der Waals surface area contributed by atoms with Crippen molar-refractivity contribution in [1.82, 2.24) is 19.4 Å². The number of imidazole rings is 1. The number of aromatic nitrogens is 3. The first kappa shape index (κ1) is 20.1. The molecule has 1 N–H and O–H groups in total. The van der Waals surface area contributed by atoms with Crippen molar-refractivity contribution in [2.75, 3.05) is 18.4 Å². The van der Waals surface area contributed by atoms with Crippen LogP contribution in [0.3, 0.4) is 0 Å². The second-order valence-corrected chi connectivity index (χ2v) is 8.18. The molecule has 1 aliphatic heterocycles. The zero-order valence-corrected chi connectivity index (χ0v) is 17.7. The van der Waals surface area contributed by atoms with Gasteiger partial charge in [0.1, 0.15) is 11.6 Å². The lowest BCUT2D eigenvalue weighted by atomic mass is 9.99. The van der Waals surface area contributed by atoms with Gasteiger partial charge in [0.05, 0.1) is 5.56 Å². The fourth-order valence-electron chi connectivity index (χ4n) is 3.82. The summed E-state index contributed by atoms with van der Waals surface area (Å²) in [5, 5.41) is 3.35. The highest BCUT2D eigenvalue weighted by Gasteiger charge is 2.21. The van der Waals surface area contributed by atoms with Crippen molar-refractivity contribution in [3.8, 4) is 0 Å². The molecular weight excluding hydrogens is 374 g/mol. The Hall–Kier alpha value is -3.15. The third-order valence-corrected chi connectivity index (χ3v) is 5.82. The fourth-order valence-corrected chi connectivity index (χ4v) is 3.82. The molecule has 1 saturated heterocycles. The maximum atomic E-state index is 12.6. The summed E-state index contributed by atoms with van der Waals surface area (Å²) in [4.78, 5) is 23.3. The summed E-state index contributed by atoms with van der Waals surface area (Å²) in [6.45, 7) is 7.44. The Bertz CT molecular complexity index is 987. The molecule has 2 aromatic heterocycles. The molecule has 1 aliphatic rings. The Morgan fingerprint density at radius 1 is 1.13 bits per heavy atom. The number of amides is 1. The number of carbonyl (C=O) groups is 1. The molecule has 6 nitrogen and oxygen atoms in total. The molecule has 0 bridgehead atoms. The van der Waals surface area contributed by atoms with Crippen LogP contribution in [0.4, 0.5) is 5.82 Å². The summed E-state index contributed by atoms with van der Waals surface area (Å²) in [6, 6.07) is 12.3. The monoisotopic (exact) mass is 403 g/mol. The summed E-state index contributed by atoms with van der Waals surface area (Å²) in [5.41, 5.74) is 3.09. The molecule has 3 heterocycles. The van der Waals surface area contributed by atoms with Crippen LogP contribution in [0, 0.1) is 12.8 Å². The van der Waals surface area contributed by atoms with Crippen molar-refractivity contribution in [3.63, 3.8) is 0 Å². The van der Waals surface area contributed by atoms with E-state index < -0.39 is 0 Å². The van der Waals surface area contributed by atoms with Crippen molar-refractivity contribution in [2.45, 2.75) is 39.8 Å². The molecule has 1 aromatic carbocycles. The Morgan fingerprint density at radius 3 is 2.63 bits per heavy atom. The number of likely N-dealkylation sites (tertiary alicyclic amines) is 1. The highest BCUT2D eigenvalue weighted by molar-refractivity contribution is 5.94. The Balaban J connectivity index is 1.33. The number of hydrogen-bond donors (Lipinski definition) is 1.